The number of guanidine groups is 1. The van der Waals surface area contributed by atoms with Gasteiger partial charge >= 0.3 is 0 Å². The summed E-state index contributed by atoms with van der Waals surface area (Å²) in [6.45, 7) is 6.79. The van der Waals surface area contributed by atoms with E-state index in [1.54, 1.807) is 20.2 Å². The summed E-state index contributed by atoms with van der Waals surface area (Å²) in [5.74, 6) is 1.52. The van der Waals surface area contributed by atoms with E-state index in [4.69, 9.17) is 9.47 Å². The van der Waals surface area contributed by atoms with Crippen LogP contribution in [-0.2, 0) is 11.3 Å². The highest BCUT2D eigenvalue weighted by Gasteiger charge is 2.20. The van der Waals surface area contributed by atoms with Crippen molar-refractivity contribution in [1.82, 2.24) is 10.2 Å². The molecule has 0 bridgehead atoms. The maximum absolute atomic E-state index is 14.7. The molecule has 0 unspecified atom stereocenters. The minimum atomic E-state index is -0.187. The molecule has 2 aromatic carbocycles. The molecule has 0 aliphatic carbocycles. The van der Waals surface area contributed by atoms with Crippen LogP contribution < -0.4 is 19.9 Å². The monoisotopic (exact) mass is 569 g/mol. The van der Waals surface area contributed by atoms with Crippen LogP contribution in [0.5, 0.6) is 5.75 Å². The van der Waals surface area contributed by atoms with Gasteiger partial charge in [0.05, 0.1) is 26.0 Å². The molecule has 0 radical (unpaired) electrons. The lowest BCUT2D eigenvalue weighted by Crippen LogP contribution is -2.52. The summed E-state index contributed by atoms with van der Waals surface area (Å²) in [5.41, 5.74) is 2.72. The number of morpholine rings is 1. The lowest BCUT2D eigenvalue weighted by Gasteiger charge is -2.37. The second-order valence-corrected chi connectivity index (χ2v) is 7.96. The van der Waals surface area contributed by atoms with Crippen LogP contribution >= 0.6 is 24.0 Å². The van der Waals surface area contributed by atoms with Gasteiger partial charge in [0.2, 0.25) is 0 Å². The number of hydrogen-bond acceptors (Lipinski definition) is 5. The van der Waals surface area contributed by atoms with E-state index < -0.39 is 0 Å². The van der Waals surface area contributed by atoms with Gasteiger partial charge in [-0.25, -0.2) is 4.39 Å². The molecular weight excluding hydrogens is 536 g/mol. The Morgan fingerprint density at radius 3 is 2.45 bits per heavy atom. The van der Waals surface area contributed by atoms with E-state index in [1.807, 2.05) is 29.2 Å². The van der Waals surface area contributed by atoms with E-state index in [1.165, 1.54) is 5.69 Å². The predicted octanol–water partition coefficient (Wildman–Crippen LogP) is 3.19. The summed E-state index contributed by atoms with van der Waals surface area (Å²) in [4.78, 5) is 11.1. The van der Waals surface area contributed by atoms with E-state index in [0.29, 0.717) is 25.4 Å². The van der Waals surface area contributed by atoms with E-state index >= 15 is 0 Å². The zero-order chi connectivity index (χ0) is 22.3. The smallest absolute Gasteiger partial charge is 0.194 e. The van der Waals surface area contributed by atoms with Crippen molar-refractivity contribution in [3.8, 4) is 5.75 Å². The topological polar surface area (TPSA) is 52.6 Å². The molecule has 2 aliphatic heterocycles. The highest BCUT2D eigenvalue weighted by molar-refractivity contribution is 14.0. The third-order valence-electron chi connectivity index (χ3n) is 6.02. The quantitative estimate of drug-likeness (QED) is 0.340. The van der Waals surface area contributed by atoms with Crippen molar-refractivity contribution in [2.45, 2.75) is 6.54 Å². The van der Waals surface area contributed by atoms with Crippen molar-refractivity contribution >= 4 is 41.3 Å². The first-order valence-corrected chi connectivity index (χ1v) is 11.1. The number of aliphatic imine (C=N–C) groups is 1. The van der Waals surface area contributed by atoms with Gasteiger partial charge in [0.15, 0.2) is 5.96 Å². The van der Waals surface area contributed by atoms with E-state index in [9.17, 15) is 4.39 Å². The van der Waals surface area contributed by atoms with Crippen molar-refractivity contribution in [2.24, 2.45) is 4.99 Å². The molecule has 0 amide bonds. The van der Waals surface area contributed by atoms with Gasteiger partial charge in [-0.3, -0.25) is 4.99 Å². The number of rotatable bonds is 5. The number of halogens is 2. The van der Waals surface area contributed by atoms with Crippen molar-refractivity contribution in [2.75, 3.05) is 76.4 Å². The highest BCUT2D eigenvalue weighted by Crippen LogP contribution is 2.23. The third-order valence-corrected chi connectivity index (χ3v) is 6.02. The maximum atomic E-state index is 14.7. The molecule has 33 heavy (non-hydrogen) atoms. The second kappa shape index (κ2) is 12.3. The Balaban J connectivity index is 0.00000306. The number of anilines is 2. The van der Waals surface area contributed by atoms with Crippen LogP contribution in [0.3, 0.4) is 0 Å². The molecule has 4 rings (SSSR count). The summed E-state index contributed by atoms with van der Waals surface area (Å²) >= 11 is 0. The number of piperazine rings is 1. The van der Waals surface area contributed by atoms with Gasteiger partial charge in [-0.15, -0.1) is 24.0 Å². The zero-order valence-electron chi connectivity index (χ0n) is 19.3. The number of nitrogens with one attached hydrogen (secondary N) is 1. The fourth-order valence-electron chi connectivity index (χ4n) is 4.22. The number of nitrogens with zero attached hydrogens (tertiary/aromatic N) is 4. The summed E-state index contributed by atoms with van der Waals surface area (Å²) in [6.07, 6.45) is 0. The van der Waals surface area contributed by atoms with Crippen molar-refractivity contribution in [3.63, 3.8) is 0 Å². The molecule has 2 aromatic rings. The number of methoxy groups -OCH3 is 1. The fraction of sp³-hybridized carbons (Fsp3) is 0.458. The van der Waals surface area contributed by atoms with E-state index in [-0.39, 0.29) is 29.8 Å². The molecule has 9 heteroatoms. The minimum absolute atomic E-state index is 0. The van der Waals surface area contributed by atoms with Gasteiger partial charge in [-0.05, 0) is 29.8 Å². The molecule has 2 fully saturated rings. The molecule has 0 aromatic heterocycles. The van der Waals surface area contributed by atoms with Crippen LogP contribution in [0.25, 0.3) is 0 Å². The first kappa shape index (κ1) is 25.4. The van der Waals surface area contributed by atoms with E-state index in [2.05, 4.69) is 32.2 Å². The summed E-state index contributed by atoms with van der Waals surface area (Å²) < 4.78 is 25.4. The molecule has 0 atom stereocenters. The van der Waals surface area contributed by atoms with Gasteiger partial charge < -0.3 is 29.5 Å². The summed E-state index contributed by atoms with van der Waals surface area (Å²) in [5, 5.41) is 3.39. The molecule has 7 nitrogen and oxygen atoms in total. The summed E-state index contributed by atoms with van der Waals surface area (Å²) in [7, 11) is 3.48. The van der Waals surface area contributed by atoms with Crippen LogP contribution in [0, 0.1) is 5.82 Å². The standard InChI is InChI=1S/C24H32FN5O2.HI/c1-26-24(30-10-8-28(9-11-30)20-4-3-5-21(17-20)31-2)27-18-19-6-7-23(22(25)16-19)29-12-14-32-15-13-29;/h3-7,16-17H,8-15,18H2,1-2H3,(H,26,27);1H. The first-order valence-electron chi connectivity index (χ1n) is 11.1. The fourth-order valence-corrected chi connectivity index (χ4v) is 4.22. The van der Waals surface area contributed by atoms with Crippen LogP contribution in [0.1, 0.15) is 5.56 Å². The van der Waals surface area contributed by atoms with Gasteiger partial charge in [-0.2, -0.15) is 0 Å². The predicted molar refractivity (Wildman–Crippen MR) is 142 cm³/mol. The Kier molecular flexibility index (Phi) is 9.42. The average Bonchev–Trinajstić information content (AvgIpc) is 2.85. The highest BCUT2D eigenvalue weighted by atomic mass is 127. The SMILES string of the molecule is CN=C(NCc1ccc(N2CCOCC2)c(F)c1)N1CCN(c2cccc(OC)c2)CC1.I. The lowest BCUT2D eigenvalue weighted by molar-refractivity contribution is 0.122. The Bertz CT molecular complexity index is 931. The Labute approximate surface area is 212 Å². The largest absolute Gasteiger partial charge is 0.497 e. The average molecular weight is 569 g/mol. The molecule has 2 heterocycles. The molecular formula is C24H33FIN5O2. The van der Waals surface area contributed by atoms with Crippen LogP contribution in [-0.4, -0.2) is 77.5 Å². The van der Waals surface area contributed by atoms with E-state index in [0.717, 1.165) is 56.5 Å². The van der Waals surface area contributed by atoms with Gasteiger partial charge in [0.25, 0.3) is 0 Å². The Morgan fingerprint density at radius 2 is 1.79 bits per heavy atom. The van der Waals surface area contributed by atoms with Gasteiger partial charge in [0.1, 0.15) is 11.6 Å². The minimum Gasteiger partial charge on any atom is -0.497 e. The number of ether oxygens (including phenoxy) is 2. The van der Waals surface area contributed by atoms with Crippen LogP contribution in [0.15, 0.2) is 47.5 Å². The lowest BCUT2D eigenvalue weighted by atomic mass is 10.1. The van der Waals surface area contributed by atoms with Crippen molar-refractivity contribution in [3.05, 3.63) is 53.8 Å². The Hall–Kier alpha value is -2.27. The molecule has 2 aliphatic rings. The third kappa shape index (κ3) is 6.41. The Morgan fingerprint density at radius 1 is 1.03 bits per heavy atom. The molecule has 180 valence electrons. The maximum Gasteiger partial charge on any atom is 0.194 e. The number of benzene rings is 2. The van der Waals surface area contributed by atoms with Crippen molar-refractivity contribution in [1.29, 1.82) is 0 Å². The van der Waals surface area contributed by atoms with Crippen LogP contribution in [0.2, 0.25) is 0 Å². The molecule has 2 saturated heterocycles. The zero-order valence-corrected chi connectivity index (χ0v) is 21.6. The first-order chi connectivity index (χ1) is 15.7. The second-order valence-electron chi connectivity index (χ2n) is 7.96. The number of hydrogen-bond donors (Lipinski definition) is 1. The molecule has 0 spiro atoms. The van der Waals surface area contributed by atoms with Gasteiger partial charge in [-0.1, -0.05) is 12.1 Å². The molecule has 0 saturated carbocycles. The van der Waals surface area contributed by atoms with Crippen LogP contribution in [0.4, 0.5) is 15.8 Å². The van der Waals surface area contributed by atoms with Crippen molar-refractivity contribution < 1.29 is 13.9 Å². The van der Waals surface area contributed by atoms with Gasteiger partial charge in [0, 0.05) is 64.6 Å². The normalized spacial score (nSPS) is 16.9. The summed E-state index contributed by atoms with van der Waals surface area (Å²) in [6, 6.07) is 13.6. The molecule has 1 N–H and O–H groups in total.